The SMILES string of the molecule is Cc1[nH]c2ccc(C(=O)NCc3ccccc3CS(=O)(=O)N3CCOCC3)cc2c1C. The van der Waals surface area contributed by atoms with Gasteiger partial charge in [0.15, 0.2) is 0 Å². The molecule has 2 aromatic carbocycles. The minimum atomic E-state index is -3.44. The Morgan fingerprint density at radius 3 is 2.55 bits per heavy atom. The molecule has 0 aliphatic carbocycles. The molecule has 0 spiro atoms. The van der Waals surface area contributed by atoms with Gasteiger partial charge < -0.3 is 15.0 Å². The normalized spacial score (nSPS) is 15.3. The van der Waals surface area contributed by atoms with E-state index >= 15 is 0 Å². The number of benzene rings is 2. The zero-order chi connectivity index (χ0) is 22.0. The van der Waals surface area contributed by atoms with Crippen LogP contribution in [0.25, 0.3) is 10.9 Å². The van der Waals surface area contributed by atoms with Gasteiger partial charge in [-0.15, -0.1) is 0 Å². The zero-order valence-electron chi connectivity index (χ0n) is 17.8. The molecular formula is C23H27N3O4S. The van der Waals surface area contributed by atoms with Crippen molar-refractivity contribution < 1.29 is 17.9 Å². The molecule has 0 saturated carbocycles. The number of amides is 1. The summed E-state index contributed by atoms with van der Waals surface area (Å²) in [7, 11) is -3.44. The van der Waals surface area contributed by atoms with E-state index in [4.69, 9.17) is 4.74 Å². The fourth-order valence-corrected chi connectivity index (χ4v) is 5.43. The van der Waals surface area contributed by atoms with Crippen molar-refractivity contribution in [2.75, 3.05) is 26.3 Å². The van der Waals surface area contributed by atoms with E-state index in [0.717, 1.165) is 27.7 Å². The number of hydrogen-bond acceptors (Lipinski definition) is 4. The largest absolute Gasteiger partial charge is 0.379 e. The first-order valence-electron chi connectivity index (χ1n) is 10.3. The molecule has 1 aliphatic rings. The highest BCUT2D eigenvalue weighted by Crippen LogP contribution is 2.22. The van der Waals surface area contributed by atoms with Gasteiger partial charge in [-0.1, -0.05) is 24.3 Å². The van der Waals surface area contributed by atoms with E-state index in [2.05, 4.69) is 10.3 Å². The summed E-state index contributed by atoms with van der Waals surface area (Å²) in [6.07, 6.45) is 0. The van der Waals surface area contributed by atoms with Crippen LogP contribution in [0.1, 0.15) is 32.7 Å². The van der Waals surface area contributed by atoms with Gasteiger partial charge in [0.1, 0.15) is 0 Å². The number of carbonyl (C=O) groups excluding carboxylic acids is 1. The van der Waals surface area contributed by atoms with Crippen molar-refractivity contribution in [3.63, 3.8) is 0 Å². The molecule has 3 aromatic rings. The fraction of sp³-hybridized carbons (Fsp3) is 0.348. The average molecular weight is 442 g/mol. The second-order valence-electron chi connectivity index (χ2n) is 7.85. The van der Waals surface area contributed by atoms with E-state index in [9.17, 15) is 13.2 Å². The predicted octanol–water partition coefficient (Wildman–Crippen LogP) is 2.88. The van der Waals surface area contributed by atoms with Crippen molar-refractivity contribution in [2.24, 2.45) is 0 Å². The molecule has 1 fully saturated rings. The Morgan fingerprint density at radius 1 is 1.10 bits per heavy atom. The van der Waals surface area contributed by atoms with Crippen molar-refractivity contribution in [3.05, 3.63) is 70.4 Å². The zero-order valence-corrected chi connectivity index (χ0v) is 18.6. The summed E-state index contributed by atoms with van der Waals surface area (Å²) < 4.78 is 32.3. The summed E-state index contributed by atoms with van der Waals surface area (Å²) in [5.41, 5.74) is 5.29. The van der Waals surface area contributed by atoms with Crippen LogP contribution < -0.4 is 5.32 Å². The molecular weight excluding hydrogens is 414 g/mol. The molecule has 0 atom stereocenters. The number of aryl methyl sites for hydroxylation is 2. The van der Waals surface area contributed by atoms with Gasteiger partial charge >= 0.3 is 0 Å². The third kappa shape index (κ3) is 4.66. The van der Waals surface area contributed by atoms with Gasteiger partial charge in [0, 0.05) is 41.8 Å². The second-order valence-corrected chi connectivity index (χ2v) is 9.82. The average Bonchev–Trinajstić information content (AvgIpc) is 3.06. The van der Waals surface area contributed by atoms with Crippen LogP contribution in [0.5, 0.6) is 0 Å². The molecule has 1 aromatic heterocycles. The Hall–Kier alpha value is -2.68. The van der Waals surface area contributed by atoms with Crippen LogP contribution in [-0.4, -0.2) is 49.9 Å². The van der Waals surface area contributed by atoms with E-state index < -0.39 is 10.0 Å². The van der Waals surface area contributed by atoms with Crippen LogP contribution in [0.15, 0.2) is 42.5 Å². The molecule has 2 heterocycles. The smallest absolute Gasteiger partial charge is 0.251 e. The standard InChI is InChI=1S/C23H27N3O4S/c1-16-17(2)25-22-8-7-18(13-21(16)22)23(27)24-14-19-5-3-4-6-20(19)15-31(28,29)26-9-11-30-12-10-26/h3-8,13,25H,9-12,14-15H2,1-2H3,(H,24,27). The van der Waals surface area contributed by atoms with Gasteiger partial charge in [-0.25, -0.2) is 8.42 Å². The molecule has 1 saturated heterocycles. The summed E-state index contributed by atoms with van der Waals surface area (Å²) in [6.45, 7) is 5.89. The van der Waals surface area contributed by atoms with E-state index in [1.807, 2.05) is 44.2 Å². The summed E-state index contributed by atoms with van der Waals surface area (Å²) in [5, 5.41) is 3.96. The van der Waals surface area contributed by atoms with Crippen molar-refractivity contribution in [1.82, 2.24) is 14.6 Å². The molecule has 7 nitrogen and oxygen atoms in total. The van der Waals surface area contributed by atoms with Crippen molar-refractivity contribution in [2.45, 2.75) is 26.1 Å². The molecule has 31 heavy (non-hydrogen) atoms. The maximum Gasteiger partial charge on any atom is 0.251 e. The first-order chi connectivity index (χ1) is 14.8. The summed E-state index contributed by atoms with van der Waals surface area (Å²) in [4.78, 5) is 16.1. The molecule has 1 amide bonds. The number of hydrogen-bond donors (Lipinski definition) is 2. The van der Waals surface area contributed by atoms with Crippen molar-refractivity contribution in [3.8, 4) is 0 Å². The summed E-state index contributed by atoms with van der Waals surface area (Å²) in [5.74, 6) is -0.279. The number of aromatic nitrogens is 1. The number of sulfonamides is 1. The monoisotopic (exact) mass is 441 g/mol. The summed E-state index contributed by atoms with van der Waals surface area (Å²) >= 11 is 0. The summed E-state index contributed by atoms with van der Waals surface area (Å²) in [6, 6.07) is 12.9. The van der Waals surface area contributed by atoms with Gasteiger partial charge in [-0.05, 0) is 48.7 Å². The highest BCUT2D eigenvalue weighted by atomic mass is 32.2. The number of carbonyl (C=O) groups is 1. The predicted molar refractivity (Wildman–Crippen MR) is 120 cm³/mol. The Morgan fingerprint density at radius 2 is 1.81 bits per heavy atom. The van der Waals surface area contributed by atoms with E-state index in [-0.39, 0.29) is 18.2 Å². The number of aromatic amines is 1. The Bertz CT molecular complexity index is 1210. The lowest BCUT2D eigenvalue weighted by Crippen LogP contribution is -2.41. The van der Waals surface area contributed by atoms with Gasteiger partial charge in [-0.3, -0.25) is 4.79 Å². The lowest BCUT2D eigenvalue weighted by molar-refractivity contribution is 0.0729. The van der Waals surface area contributed by atoms with Gasteiger partial charge in [0.25, 0.3) is 5.91 Å². The number of rotatable bonds is 6. The number of nitrogens with one attached hydrogen (secondary N) is 2. The van der Waals surface area contributed by atoms with Crippen LogP contribution in [0.2, 0.25) is 0 Å². The molecule has 0 radical (unpaired) electrons. The van der Waals surface area contributed by atoms with Crippen LogP contribution in [0.3, 0.4) is 0 Å². The first kappa shape index (κ1) is 21.5. The molecule has 1 aliphatic heterocycles. The highest BCUT2D eigenvalue weighted by Gasteiger charge is 2.25. The van der Waals surface area contributed by atoms with E-state index in [1.54, 1.807) is 12.1 Å². The van der Waals surface area contributed by atoms with Crippen molar-refractivity contribution >= 4 is 26.8 Å². The lowest BCUT2D eigenvalue weighted by atomic mass is 10.1. The minimum absolute atomic E-state index is 0.0905. The Labute approximate surface area is 182 Å². The maximum atomic E-state index is 12.8. The molecule has 0 bridgehead atoms. The van der Waals surface area contributed by atoms with Gasteiger partial charge in [-0.2, -0.15) is 4.31 Å². The van der Waals surface area contributed by atoms with Crippen LogP contribution in [-0.2, 0) is 27.1 Å². The second kappa shape index (κ2) is 8.82. The highest BCUT2D eigenvalue weighted by molar-refractivity contribution is 7.88. The first-order valence-corrected chi connectivity index (χ1v) is 12.0. The molecule has 164 valence electrons. The number of fused-ring (bicyclic) bond motifs is 1. The van der Waals surface area contributed by atoms with Crippen LogP contribution in [0, 0.1) is 13.8 Å². The van der Waals surface area contributed by atoms with Crippen molar-refractivity contribution in [1.29, 1.82) is 0 Å². The van der Waals surface area contributed by atoms with E-state index in [0.29, 0.717) is 37.4 Å². The fourth-order valence-electron chi connectivity index (χ4n) is 3.86. The number of H-pyrrole nitrogens is 1. The van der Waals surface area contributed by atoms with Gasteiger partial charge in [0.2, 0.25) is 10.0 Å². The Kier molecular flexibility index (Phi) is 6.13. The number of ether oxygens (including phenoxy) is 1. The van der Waals surface area contributed by atoms with Crippen LogP contribution >= 0.6 is 0 Å². The Balaban J connectivity index is 1.48. The van der Waals surface area contributed by atoms with Crippen LogP contribution in [0.4, 0.5) is 0 Å². The van der Waals surface area contributed by atoms with E-state index in [1.165, 1.54) is 4.31 Å². The third-order valence-corrected chi connectivity index (χ3v) is 7.66. The number of morpholine rings is 1. The minimum Gasteiger partial charge on any atom is -0.379 e. The molecule has 2 N–H and O–H groups in total. The maximum absolute atomic E-state index is 12.8. The van der Waals surface area contributed by atoms with Gasteiger partial charge in [0.05, 0.1) is 19.0 Å². The lowest BCUT2D eigenvalue weighted by Gasteiger charge is -2.26. The third-order valence-electron chi connectivity index (χ3n) is 5.83. The number of nitrogens with zero attached hydrogens (tertiary/aromatic N) is 1. The molecule has 0 unspecified atom stereocenters. The topological polar surface area (TPSA) is 91.5 Å². The molecule has 8 heteroatoms. The molecule has 4 rings (SSSR count). The quantitative estimate of drug-likeness (QED) is 0.615.